The molecule has 0 radical (unpaired) electrons. The highest BCUT2D eigenvalue weighted by Gasteiger charge is 2.30. The number of benzene rings is 1. The molecule has 0 aromatic heterocycles. The number of ether oxygens (including phenoxy) is 1. The summed E-state index contributed by atoms with van der Waals surface area (Å²) >= 11 is 0. The Morgan fingerprint density at radius 2 is 1.92 bits per heavy atom. The minimum Gasteiger partial charge on any atom is -0.496 e. The van der Waals surface area contributed by atoms with E-state index in [-0.39, 0.29) is 17.7 Å². The van der Waals surface area contributed by atoms with Crippen LogP contribution in [0.4, 0.5) is 0 Å². The number of hydrogen-bond donors (Lipinski definition) is 0. The molecule has 0 aliphatic carbocycles. The fourth-order valence-corrected chi connectivity index (χ4v) is 3.11. The Morgan fingerprint density at radius 3 is 2.54 bits per heavy atom. The molecule has 0 saturated carbocycles. The first-order valence-electron chi connectivity index (χ1n) is 8.23. The molecule has 0 N–H and O–H groups in total. The molecule has 24 heavy (non-hydrogen) atoms. The number of carbonyl (C=O) groups is 2. The van der Waals surface area contributed by atoms with Crippen molar-refractivity contribution in [1.29, 1.82) is 0 Å². The van der Waals surface area contributed by atoms with Gasteiger partial charge in [-0.3, -0.25) is 14.5 Å². The highest BCUT2D eigenvalue weighted by Crippen LogP contribution is 2.21. The highest BCUT2D eigenvalue weighted by molar-refractivity contribution is 5.80. The molecule has 2 rings (SSSR count). The summed E-state index contributed by atoms with van der Waals surface area (Å²) in [4.78, 5) is 29.9. The van der Waals surface area contributed by atoms with Crippen LogP contribution in [0.25, 0.3) is 0 Å². The van der Waals surface area contributed by atoms with Gasteiger partial charge in [-0.15, -0.1) is 0 Å². The molecule has 1 aliphatic heterocycles. The third-order valence-corrected chi connectivity index (χ3v) is 4.43. The van der Waals surface area contributed by atoms with Gasteiger partial charge >= 0.3 is 0 Å². The second kappa shape index (κ2) is 8.15. The Bertz CT molecular complexity index is 589. The van der Waals surface area contributed by atoms with Gasteiger partial charge in [0.15, 0.2) is 0 Å². The third kappa shape index (κ3) is 4.47. The molecule has 0 spiro atoms. The summed E-state index contributed by atoms with van der Waals surface area (Å²) in [5.74, 6) is 0.723. The third-order valence-electron chi connectivity index (χ3n) is 4.43. The Labute approximate surface area is 144 Å². The quantitative estimate of drug-likeness (QED) is 0.827. The molecule has 1 unspecified atom stereocenters. The molecular formula is C18H27N3O3. The van der Waals surface area contributed by atoms with E-state index in [1.807, 2.05) is 24.3 Å². The predicted molar refractivity (Wildman–Crippen MR) is 92.7 cm³/mol. The molecule has 1 aliphatic rings. The van der Waals surface area contributed by atoms with Gasteiger partial charge in [0.05, 0.1) is 13.0 Å². The van der Waals surface area contributed by atoms with Crippen LogP contribution < -0.4 is 4.74 Å². The maximum absolute atomic E-state index is 12.5. The Morgan fingerprint density at radius 1 is 1.21 bits per heavy atom. The highest BCUT2D eigenvalue weighted by atomic mass is 16.5. The molecular weight excluding hydrogens is 306 g/mol. The lowest BCUT2D eigenvalue weighted by Crippen LogP contribution is -2.41. The average Bonchev–Trinajstić information content (AvgIpc) is 2.77. The molecule has 6 heteroatoms. The lowest BCUT2D eigenvalue weighted by Gasteiger charge is -2.26. The van der Waals surface area contributed by atoms with E-state index >= 15 is 0 Å². The summed E-state index contributed by atoms with van der Waals surface area (Å²) in [5.41, 5.74) is 1.09. The van der Waals surface area contributed by atoms with Crippen LogP contribution in [0.15, 0.2) is 24.3 Å². The zero-order valence-electron chi connectivity index (χ0n) is 15.0. The van der Waals surface area contributed by atoms with E-state index in [4.69, 9.17) is 4.74 Å². The maximum Gasteiger partial charge on any atom is 0.228 e. The number of methoxy groups -OCH3 is 1. The summed E-state index contributed by atoms with van der Waals surface area (Å²) in [6.07, 6.45) is 0. The van der Waals surface area contributed by atoms with Gasteiger partial charge in [-0.1, -0.05) is 18.2 Å². The molecule has 1 fully saturated rings. The van der Waals surface area contributed by atoms with Crippen molar-refractivity contribution in [3.8, 4) is 5.75 Å². The van der Waals surface area contributed by atoms with Crippen LogP contribution in [0.5, 0.6) is 5.75 Å². The van der Waals surface area contributed by atoms with E-state index in [0.717, 1.165) is 17.9 Å². The van der Waals surface area contributed by atoms with E-state index in [0.29, 0.717) is 26.2 Å². The van der Waals surface area contributed by atoms with Crippen molar-refractivity contribution in [2.24, 2.45) is 5.92 Å². The van der Waals surface area contributed by atoms with Crippen molar-refractivity contribution < 1.29 is 14.3 Å². The molecule has 1 aromatic rings. The summed E-state index contributed by atoms with van der Waals surface area (Å²) < 4.78 is 5.42. The summed E-state index contributed by atoms with van der Waals surface area (Å²) in [6.45, 7) is 4.77. The van der Waals surface area contributed by atoms with Gasteiger partial charge in [0.1, 0.15) is 5.75 Å². The first-order valence-corrected chi connectivity index (χ1v) is 8.23. The number of amides is 2. The molecule has 0 bridgehead atoms. The maximum atomic E-state index is 12.5. The summed E-state index contributed by atoms with van der Waals surface area (Å²) in [7, 11) is 5.18. The summed E-state index contributed by atoms with van der Waals surface area (Å²) in [6, 6.07) is 7.91. The second-order valence-electron chi connectivity index (χ2n) is 6.44. The van der Waals surface area contributed by atoms with E-state index in [1.165, 1.54) is 0 Å². The number of carbonyl (C=O) groups excluding carboxylic acids is 2. The Kier molecular flexibility index (Phi) is 6.20. The van der Waals surface area contributed by atoms with Crippen LogP contribution in [0.3, 0.4) is 0 Å². The van der Waals surface area contributed by atoms with Gasteiger partial charge < -0.3 is 14.5 Å². The minimum absolute atomic E-state index is 0.0192. The number of rotatable bonds is 4. The van der Waals surface area contributed by atoms with Crippen molar-refractivity contribution in [3.05, 3.63) is 29.8 Å². The zero-order chi connectivity index (χ0) is 17.7. The fraction of sp³-hybridized carbons (Fsp3) is 0.556. The SMILES string of the molecule is COc1ccccc1CN1CCN(C(C)=O)CC(C(=O)N(C)C)C1. The fourth-order valence-electron chi connectivity index (χ4n) is 3.11. The summed E-state index contributed by atoms with van der Waals surface area (Å²) in [5, 5.41) is 0. The topological polar surface area (TPSA) is 53.1 Å². The molecule has 1 atom stereocenters. The predicted octanol–water partition coefficient (Wildman–Crippen LogP) is 1.06. The van der Waals surface area contributed by atoms with Crippen molar-refractivity contribution in [2.45, 2.75) is 13.5 Å². The number of hydrogen-bond acceptors (Lipinski definition) is 4. The van der Waals surface area contributed by atoms with E-state index in [1.54, 1.807) is 37.9 Å². The standard InChI is InChI=1S/C18H27N3O3/c1-14(22)21-10-9-20(12-16(13-21)18(23)19(2)3)11-15-7-5-6-8-17(15)24-4/h5-8,16H,9-13H2,1-4H3. The van der Waals surface area contributed by atoms with Gasteiger partial charge in [-0.2, -0.15) is 0 Å². The normalized spacial score (nSPS) is 18.8. The van der Waals surface area contributed by atoms with Crippen molar-refractivity contribution in [3.63, 3.8) is 0 Å². The van der Waals surface area contributed by atoms with Gasteiger partial charge in [0, 0.05) is 59.3 Å². The average molecular weight is 333 g/mol. The molecule has 1 saturated heterocycles. The van der Waals surface area contributed by atoms with Crippen molar-refractivity contribution in [2.75, 3.05) is 47.4 Å². The number of nitrogens with zero attached hydrogens (tertiary/aromatic N) is 3. The second-order valence-corrected chi connectivity index (χ2v) is 6.44. The minimum atomic E-state index is -0.207. The number of para-hydroxylation sites is 1. The molecule has 132 valence electrons. The molecule has 1 aromatic carbocycles. The van der Waals surface area contributed by atoms with E-state index in [2.05, 4.69) is 4.90 Å². The monoisotopic (exact) mass is 333 g/mol. The lowest BCUT2D eigenvalue weighted by atomic mass is 10.1. The van der Waals surface area contributed by atoms with Crippen LogP contribution in [-0.4, -0.2) is 73.9 Å². The van der Waals surface area contributed by atoms with Crippen molar-refractivity contribution >= 4 is 11.8 Å². The van der Waals surface area contributed by atoms with Crippen LogP contribution in [0.2, 0.25) is 0 Å². The Balaban J connectivity index is 2.17. The van der Waals surface area contributed by atoms with Gasteiger partial charge in [-0.05, 0) is 6.07 Å². The molecule has 1 heterocycles. The molecule has 6 nitrogen and oxygen atoms in total. The largest absolute Gasteiger partial charge is 0.496 e. The van der Waals surface area contributed by atoms with E-state index < -0.39 is 0 Å². The van der Waals surface area contributed by atoms with Crippen molar-refractivity contribution in [1.82, 2.24) is 14.7 Å². The first kappa shape index (κ1) is 18.3. The van der Waals surface area contributed by atoms with E-state index in [9.17, 15) is 9.59 Å². The van der Waals surface area contributed by atoms with Gasteiger partial charge in [0.25, 0.3) is 0 Å². The van der Waals surface area contributed by atoms with Crippen LogP contribution in [0.1, 0.15) is 12.5 Å². The van der Waals surface area contributed by atoms with Crippen LogP contribution in [-0.2, 0) is 16.1 Å². The lowest BCUT2D eigenvalue weighted by molar-refractivity contribution is -0.135. The first-order chi connectivity index (χ1) is 11.4. The zero-order valence-corrected chi connectivity index (χ0v) is 15.0. The van der Waals surface area contributed by atoms with Crippen LogP contribution >= 0.6 is 0 Å². The molecule has 2 amide bonds. The van der Waals surface area contributed by atoms with Gasteiger partial charge in [-0.25, -0.2) is 0 Å². The smallest absolute Gasteiger partial charge is 0.228 e. The van der Waals surface area contributed by atoms with Crippen LogP contribution in [0, 0.1) is 5.92 Å². The van der Waals surface area contributed by atoms with Gasteiger partial charge in [0.2, 0.25) is 11.8 Å². The Hall–Kier alpha value is -2.08.